The monoisotopic (exact) mass is 436 g/mol. The maximum Gasteiger partial charge on any atom is 0.485 e. The van der Waals surface area contributed by atoms with E-state index in [0.29, 0.717) is 10.9 Å². The number of alkyl halides is 3. The summed E-state index contributed by atoms with van der Waals surface area (Å²) in [6, 6.07) is 13.2. The molecule has 0 unspecified atom stereocenters. The number of ether oxygens (including phenoxy) is 1. The number of unbranched alkanes of at least 4 members (excludes halogenated alkanes) is 1. The molecule has 1 fully saturated rings. The number of hydrogen-bond acceptors (Lipinski definition) is 4. The van der Waals surface area contributed by atoms with Gasteiger partial charge in [-0.1, -0.05) is 37.6 Å². The van der Waals surface area contributed by atoms with E-state index in [0.717, 1.165) is 18.8 Å². The van der Waals surface area contributed by atoms with Gasteiger partial charge in [0.25, 0.3) is 0 Å². The first kappa shape index (κ1) is 22.8. The van der Waals surface area contributed by atoms with Crippen LogP contribution in [-0.2, 0) is 21.0 Å². The molecule has 0 saturated carbocycles. The summed E-state index contributed by atoms with van der Waals surface area (Å²) in [6.45, 7) is 3.06. The summed E-state index contributed by atoms with van der Waals surface area (Å²) in [6.07, 6.45) is 5.08. The Morgan fingerprint density at radius 2 is 1.71 bits per heavy atom. The fourth-order valence-corrected chi connectivity index (χ4v) is 5.45. The maximum absolute atomic E-state index is 10.7. The minimum Gasteiger partial charge on any atom is -0.741 e. The largest absolute Gasteiger partial charge is 0.741 e. The van der Waals surface area contributed by atoms with Gasteiger partial charge in [-0.05, 0) is 36.8 Å². The predicted octanol–water partition coefficient (Wildman–Crippen LogP) is 4.84. The summed E-state index contributed by atoms with van der Waals surface area (Å²) in [7, 11) is -5.70. The smallest absolute Gasteiger partial charge is 0.485 e. The van der Waals surface area contributed by atoms with E-state index in [1.54, 1.807) is 0 Å². The predicted molar refractivity (Wildman–Crippen MR) is 105 cm³/mol. The lowest BCUT2D eigenvalue weighted by atomic mass is 10.1. The molecule has 1 aliphatic rings. The summed E-state index contributed by atoms with van der Waals surface area (Å²) in [5, 5.41) is 2.76. The van der Waals surface area contributed by atoms with Crippen LogP contribution in [0.4, 0.5) is 13.2 Å². The summed E-state index contributed by atoms with van der Waals surface area (Å²) in [4.78, 5) is 1.50. The third-order valence-corrected chi connectivity index (χ3v) is 7.33. The van der Waals surface area contributed by atoms with Gasteiger partial charge in [-0.3, -0.25) is 0 Å². The first-order chi connectivity index (χ1) is 13.1. The molecule has 0 aromatic heterocycles. The van der Waals surface area contributed by atoms with E-state index < -0.39 is 15.6 Å². The Labute approximate surface area is 166 Å². The van der Waals surface area contributed by atoms with Crippen molar-refractivity contribution in [3.05, 3.63) is 36.4 Å². The number of fused-ring (bicyclic) bond motifs is 1. The quantitative estimate of drug-likeness (QED) is 0.291. The second-order valence-corrected chi connectivity index (χ2v) is 9.91. The van der Waals surface area contributed by atoms with Gasteiger partial charge < -0.3 is 9.29 Å². The highest BCUT2D eigenvalue weighted by Gasteiger charge is 2.37. The summed E-state index contributed by atoms with van der Waals surface area (Å²) in [5.74, 6) is 3.83. The SMILES string of the molecule is CCCCOc1ccc2ccccc2c1[S+]1CCCC1.O=S(=O)([O-])C(F)(F)F. The topological polar surface area (TPSA) is 66.4 Å². The first-order valence-corrected chi connectivity index (χ1v) is 12.0. The van der Waals surface area contributed by atoms with Gasteiger partial charge in [0.2, 0.25) is 4.90 Å². The standard InChI is InChI=1S/C18H23OS.CHF3O3S/c1-2-3-12-19-17-11-10-15-8-4-5-9-16(15)18(17)20-13-6-7-14-20;2-1(3,4)8(5,6)7/h4-5,8-11H,2-3,6-7,12-14H2,1H3;(H,5,6,7)/q+1;/p-1. The second-order valence-electron chi connectivity index (χ2n) is 6.32. The molecule has 0 atom stereocenters. The average Bonchev–Trinajstić information content (AvgIpc) is 3.14. The molecular weight excluding hydrogens is 413 g/mol. The van der Waals surface area contributed by atoms with Gasteiger partial charge in [-0.15, -0.1) is 0 Å². The second kappa shape index (κ2) is 9.84. The molecule has 0 N–H and O–H groups in total. The molecule has 0 aliphatic carbocycles. The van der Waals surface area contributed by atoms with Crippen molar-refractivity contribution in [1.29, 1.82) is 0 Å². The van der Waals surface area contributed by atoms with E-state index in [9.17, 15) is 13.2 Å². The number of rotatable bonds is 5. The number of hydrogen-bond donors (Lipinski definition) is 0. The van der Waals surface area contributed by atoms with Gasteiger partial charge in [0.1, 0.15) is 11.5 Å². The van der Waals surface area contributed by atoms with Crippen molar-refractivity contribution in [3.63, 3.8) is 0 Å². The highest BCUT2D eigenvalue weighted by atomic mass is 32.2. The highest BCUT2D eigenvalue weighted by Crippen LogP contribution is 2.37. The summed E-state index contributed by atoms with van der Waals surface area (Å²) in [5.41, 5.74) is -5.65. The van der Waals surface area contributed by atoms with Crippen LogP contribution in [0.3, 0.4) is 0 Å². The zero-order valence-corrected chi connectivity index (χ0v) is 17.1. The molecule has 156 valence electrons. The van der Waals surface area contributed by atoms with E-state index in [-0.39, 0.29) is 0 Å². The van der Waals surface area contributed by atoms with Crippen LogP contribution in [-0.4, -0.2) is 36.6 Å². The van der Waals surface area contributed by atoms with Gasteiger partial charge in [0.15, 0.2) is 15.9 Å². The van der Waals surface area contributed by atoms with Crippen molar-refractivity contribution >= 4 is 31.8 Å². The fourth-order valence-electron chi connectivity index (χ4n) is 2.82. The van der Waals surface area contributed by atoms with E-state index >= 15 is 0 Å². The molecule has 0 radical (unpaired) electrons. The van der Waals surface area contributed by atoms with Crippen LogP contribution in [0.25, 0.3) is 10.8 Å². The normalized spacial score (nSPS) is 15.3. The Balaban J connectivity index is 0.000000300. The van der Waals surface area contributed by atoms with Gasteiger partial charge in [0.05, 0.1) is 6.61 Å². The van der Waals surface area contributed by atoms with E-state index in [2.05, 4.69) is 43.3 Å². The minimum atomic E-state index is -6.09. The Morgan fingerprint density at radius 3 is 2.29 bits per heavy atom. The highest BCUT2D eigenvalue weighted by molar-refractivity contribution is 7.97. The summed E-state index contributed by atoms with van der Waals surface area (Å²) < 4.78 is 65.0. The number of halogens is 3. The molecule has 0 amide bonds. The van der Waals surface area contributed by atoms with Gasteiger partial charge in [-0.2, -0.15) is 13.2 Å². The van der Waals surface area contributed by atoms with Crippen LogP contribution in [0.2, 0.25) is 0 Å². The molecule has 1 aliphatic heterocycles. The third kappa shape index (κ3) is 6.02. The van der Waals surface area contributed by atoms with Gasteiger partial charge in [0, 0.05) is 16.3 Å². The molecule has 3 rings (SSSR count). The Hall–Kier alpha value is -1.45. The molecule has 2 aromatic carbocycles. The van der Waals surface area contributed by atoms with E-state index in [1.165, 1.54) is 46.4 Å². The van der Waals surface area contributed by atoms with Crippen LogP contribution < -0.4 is 4.74 Å². The van der Waals surface area contributed by atoms with Crippen molar-refractivity contribution in [2.24, 2.45) is 0 Å². The van der Waals surface area contributed by atoms with Crippen molar-refractivity contribution in [1.82, 2.24) is 0 Å². The molecule has 1 heterocycles. The lowest BCUT2D eigenvalue weighted by molar-refractivity contribution is -0.0517. The molecule has 1 saturated heterocycles. The molecule has 0 bridgehead atoms. The van der Waals surface area contributed by atoms with E-state index in [1.807, 2.05) is 0 Å². The molecule has 9 heteroatoms. The van der Waals surface area contributed by atoms with Crippen molar-refractivity contribution < 1.29 is 30.9 Å². The zero-order chi connectivity index (χ0) is 20.8. The lowest BCUT2D eigenvalue weighted by Gasteiger charge is -2.12. The average molecular weight is 437 g/mol. The van der Waals surface area contributed by atoms with Crippen molar-refractivity contribution in [2.45, 2.75) is 43.0 Å². The fraction of sp³-hybridized carbons (Fsp3) is 0.474. The molecule has 28 heavy (non-hydrogen) atoms. The molecule has 2 aromatic rings. The number of benzene rings is 2. The Bertz CT molecular complexity index is 876. The van der Waals surface area contributed by atoms with Crippen LogP contribution in [0.5, 0.6) is 5.75 Å². The van der Waals surface area contributed by atoms with Crippen LogP contribution >= 0.6 is 0 Å². The minimum absolute atomic E-state index is 0.393. The van der Waals surface area contributed by atoms with Crippen LogP contribution in [0.1, 0.15) is 32.6 Å². The zero-order valence-electron chi connectivity index (χ0n) is 15.5. The van der Waals surface area contributed by atoms with Crippen LogP contribution in [0.15, 0.2) is 41.3 Å². The first-order valence-electron chi connectivity index (χ1n) is 8.99. The third-order valence-electron chi connectivity index (χ3n) is 4.20. The molecular formula is C19H23F3O4S2. The van der Waals surface area contributed by atoms with Crippen LogP contribution in [0, 0.1) is 0 Å². The molecule has 0 spiro atoms. The maximum atomic E-state index is 10.7. The van der Waals surface area contributed by atoms with Gasteiger partial charge >= 0.3 is 5.51 Å². The molecule has 4 nitrogen and oxygen atoms in total. The van der Waals surface area contributed by atoms with E-state index in [4.69, 9.17) is 17.7 Å². The van der Waals surface area contributed by atoms with Crippen molar-refractivity contribution in [2.75, 3.05) is 18.1 Å². The summed E-state index contributed by atoms with van der Waals surface area (Å²) >= 11 is 0. The lowest BCUT2D eigenvalue weighted by Crippen LogP contribution is -2.21. The Kier molecular flexibility index (Phi) is 8.03. The Morgan fingerprint density at radius 1 is 1.11 bits per heavy atom. The van der Waals surface area contributed by atoms with Gasteiger partial charge in [-0.25, -0.2) is 8.42 Å². The van der Waals surface area contributed by atoms with Crippen molar-refractivity contribution in [3.8, 4) is 5.75 Å².